The van der Waals surface area contributed by atoms with Crippen molar-refractivity contribution in [3.63, 3.8) is 0 Å². The fourth-order valence-corrected chi connectivity index (χ4v) is 2.40. The van der Waals surface area contributed by atoms with Gasteiger partial charge in [-0.15, -0.1) is 0 Å². The van der Waals surface area contributed by atoms with Crippen molar-refractivity contribution in [3.8, 4) is 11.5 Å². The summed E-state index contributed by atoms with van der Waals surface area (Å²) in [4.78, 5) is 10.5. The Morgan fingerprint density at radius 3 is 2.57 bits per heavy atom. The van der Waals surface area contributed by atoms with Crippen LogP contribution in [0.25, 0.3) is 0 Å². The fraction of sp³-hybridized carbons (Fsp3) is 0.278. The monoisotopic (exact) mass is 315 g/mol. The van der Waals surface area contributed by atoms with E-state index in [0.717, 1.165) is 5.56 Å². The fourth-order valence-electron chi connectivity index (χ4n) is 2.40. The van der Waals surface area contributed by atoms with Crippen molar-refractivity contribution in [1.29, 1.82) is 0 Å². The van der Waals surface area contributed by atoms with Crippen molar-refractivity contribution in [1.82, 2.24) is 0 Å². The zero-order chi connectivity index (χ0) is 16.8. The van der Waals surface area contributed by atoms with Gasteiger partial charge in [-0.25, -0.2) is 0 Å². The molecule has 2 atom stereocenters. The van der Waals surface area contributed by atoms with E-state index in [2.05, 4.69) is 0 Å². The molecule has 3 rings (SSSR count). The van der Waals surface area contributed by atoms with Gasteiger partial charge < -0.3 is 20.7 Å². The van der Waals surface area contributed by atoms with Crippen LogP contribution in [-0.2, 0) is 4.79 Å². The van der Waals surface area contributed by atoms with E-state index >= 15 is 0 Å². The maximum Gasteiger partial charge on any atom is 0.304 e. The Bertz CT molecular complexity index is 655. The Balaban J connectivity index is 0.000000185. The minimum Gasteiger partial charge on any atom is -0.508 e. The molecule has 0 amide bonds. The molecule has 0 saturated heterocycles. The van der Waals surface area contributed by atoms with Crippen molar-refractivity contribution in [3.05, 3.63) is 59.7 Å². The number of phenolic OH excluding ortho intramolecular Hbond substituents is 1. The van der Waals surface area contributed by atoms with Gasteiger partial charge in [-0.3, -0.25) is 4.79 Å². The number of rotatable bonds is 3. The SMILES string of the molecule is C[C@@H](N)c1ccccc1.O=C(O)C[C@@H]1COc2cc(O)ccc21. The van der Waals surface area contributed by atoms with Crippen LogP contribution in [0.4, 0.5) is 0 Å². The molecule has 0 saturated carbocycles. The molecule has 2 aromatic carbocycles. The number of ether oxygens (including phenoxy) is 1. The molecule has 0 spiro atoms. The third kappa shape index (κ3) is 4.72. The van der Waals surface area contributed by atoms with Gasteiger partial charge in [0.05, 0.1) is 13.0 Å². The number of phenols is 1. The summed E-state index contributed by atoms with van der Waals surface area (Å²) in [5.74, 6) is -0.196. The average Bonchev–Trinajstić information content (AvgIpc) is 2.90. The van der Waals surface area contributed by atoms with Gasteiger partial charge in [0, 0.05) is 23.6 Å². The summed E-state index contributed by atoms with van der Waals surface area (Å²) in [6.07, 6.45) is 0.0672. The van der Waals surface area contributed by atoms with Crippen LogP contribution in [0.2, 0.25) is 0 Å². The Kier molecular flexibility index (Phi) is 5.60. The van der Waals surface area contributed by atoms with Gasteiger partial charge in [-0.05, 0) is 18.6 Å². The van der Waals surface area contributed by atoms with Crippen molar-refractivity contribution in [2.24, 2.45) is 5.73 Å². The smallest absolute Gasteiger partial charge is 0.304 e. The van der Waals surface area contributed by atoms with Crippen molar-refractivity contribution >= 4 is 5.97 Å². The molecule has 1 aliphatic rings. The van der Waals surface area contributed by atoms with Crippen LogP contribution < -0.4 is 10.5 Å². The zero-order valence-electron chi connectivity index (χ0n) is 13.0. The molecule has 0 aliphatic carbocycles. The minimum absolute atomic E-state index is 0.0672. The summed E-state index contributed by atoms with van der Waals surface area (Å²) in [5.41, 5.74) is 7.67. The lowest BCUT2D eigenvalue weighted by molar-refractivity contribution is -0.137. The van der Waals surface area contributed by atoms with E-state index in [1.54, 1.807) is 12.1 Å². The number of carboxylic acid groups (broad SMARTS) is 1. The molecule has 122 valence electrons. The Morgan fingerprint density at radius 2 is 2.00 bits per heavy atom. The zero-order valence-corrected chi connectivity index (χ0v) is 13.0. The highest BCUT2D eigenvalue weighted by Gasteiger charge is 2.26. The van der Waals surface area contributed by atoms with Crippen LogP contribution in [-0.4, -0.2) is 22.8 Å². The molecule has 0 aromatic heterocycles. The highest BCUT2D eigenvalue weighted by Crippen LogP contribution is 2.37. The van der Waals surface area contributed by atoms with Crippen molar-refractivity contribution in [2.75, 3.05) is 6.61 Å². The molecule has 5 heteroatoms. The second kappa shape index (κ2) is 7.65. The van der Waals surface area contributed by atoms with Crippen LogP contribution in [0.5, 0.6) is 11.5 Å². The summed E-state index contributed by atoms with van der Waals surface area (Å²) in [5, 5.41) is 17.8. The van der Waals surface area contributed by atoms with Gasteiger partial charge in [0.2, 0.25) is 0 Å². The second-order valence-electron chi connectivity index (χ2n) is 5.53. The minimum atomic E-state index is -0.834. The summed E-state index contributed by atoms with van der Waals surface area (Å²) in [6, 6.07) is 15.0. The highest BCUT2D eigenvalue weighted by atomic mass is 16.5. The average molecular weight is 315 g/mol. The van der Waals surface area contributed by atoms with E-state index in [9.17, 15) is 4.79 Å². The predicted molar refractivity (Wildman–Crippen MR) is 87.6 cm³/mol. The molecule has 1 aliphatic heterocycles. The molecular formula is C18H21NO4. The molecule has 1 heterocycles. The van der Waals surface area contributed by atoms with Crippen molar-refractivity contribution in [2.45, 2.75) is 25.3 Å². The number of aromatic hydroxyl groups is 1. The predicted octanol–water partition coefficient (Wildman–Crippen LogP) is 3.05. The topological polar surface area (TPSA) is 92.8 Å². The summed E-state index contributed by atoms with van der Waals surface area (Å²) >= 11 is 0. The summed E-state index contributed by atoms with van der Waals surface area (Å²) in [7, 11) is 0. The standard InChI is InChI=1S/C10H10O4.C8H11N/c11-7-1-2-8-6(3-10(12)13)5-14-9(8)4-7;1-7(9)8-5-3-2-4-6-8/h1-2,4,6,11H,3,5H2,(H,12,13);2-7H,9H2,1H3/t6-;7-/m11/s1. The molecule has 23 heavy (non-hydrogen) atoms. The highest BCUT2D eigenvalue weighted by molar-refractivity contribution is 5.68. The molecule has 4 N–H and O–H groups in total. The number of fused-ring (bicyclic) bond motifs is 1. The molecule has 0 unspecified atom stereocenters. The summed E-state index contributed by atoms with van der Waals surface area (Å²) < 4.78 is 5.27. The third-order valence-corrected chi connectivity index (χ3v) is 3.62. The van der Waals surface area contributed by atoms with E-state index < -0.39 is 5.97 Å². The van der Waals surface area contributed by atoms with Gasteiger partial charge in [-0.2, -0.15) is 0 Å². The van der Waals surface area contributed by atoms with Gasteiger partial charge in [-0.1, -0.05) is 36.4 Å². The lowest BCUT2D eigenvalue weighted by Crippen LogP contribution is -2.07. The van der Waals surface area contributed by atoms with E-state index in [-0.39, 0.29) is 24.1 Å². The maximum atomic E-state index is 10.5. The van der Waals surface area contributed by atoms with Crippen LogP contribution >= 0.6 is 0 Å². The van der Waals surface area contributed by atoms with E-state index in [0.29, 0.717) is 12.4 Å². The third-order valence-electron chi connectivity index (χ3n) is 3.62. The van der Waals surface area contributed by atoms with Crippen LogP contribution in [0.3, 0.4) is 0 Å². The molecule has 0 fully saturated rings. The largest absolute Gasteiger partial charge is 0.508 e. The summed E-state index contributed by atoms with van der Waals surface area (Å²) in [6.45, 7) is 2.36. The Labute approximate surface area is 135 Å². The van der Waals surface area contributed by atoms with Crippen LogP contribution in [0, 0.1) is 0 Å². The number of carbonyl (C=O) groups is 1. The normalized spacial score (nSPS) is 16.5. The van der Waals surface area contributed by atoms with E-state index in [1.807, 2.05) is 37.3 Å². The molecule has 5 nitrogen and oxygen atoms in total. The number of hydrogen-bond donors (Lipinski definition) is 3. The number of aliphatic carboxylic acids is 1. The molecule has 0 bridgehead atoms. The number of benzene rings is 2. The number of hydrogen-bond acceptors (Lipinski definition) is 4. The lowest BCUT2D eigenvalue weighted by atomic mass is 9.98. The Hall–Kier alpha value is -2.53. The van der Waals surface area contributed by atoms with Gasteiger partial charge >= 0.3 is 5.97 Å². The second-order valence-corrected chi connectivity index (χ2v) is 5.53. The first-order valence-electron chi connectivity index (χ1n) is 7.45. The van der Waals surface area contributed by atoms with Gasteiger partial charge in [0.15, 0.2) is 0 Å². The first-order chi connectivity index (χ1) is 11.0. The number of carboxylic acids is 1. The first-order valence-corrected chi connectivity index (χ1v) is 7.45. The van der Waals surface area contributed by atoms with Gasteiger partial charge in [0.25, 0.3) is 0 Å². The molecule has 0 radical (unpaired) electrons. The van der Waals surface area contributed by atoms with Gasteiger partial charge in [0.1, 0.15) is 11.5 Å². The lowest BCUT2D eigenvalue weighted by Gasteiger charge is -2.03. The Morgan fingerprint density at radius 1 is 1.30 bits per heavy atom. The van der Waals surface area contributed by atoms with Crippen molar-refractivity contribution < 1.29 is 19.7 Å². The molecular weight excluding hydrogens is 294 g/mol. The van der Waals surface area contributed by atoms with E-state index in [1.165, 1.54) is 11.6 Å². The van der Waals surface area contributed by atoms with Crippen LogP contribution in [0.15, 0.2) is 48.5 Å². The van der Waals surface area contributed by atoms with E-state index in [4.69, 9.17) is 20.7 Å². The first kappa shape index (κ1) is 16.8. The maximum absolute atomic E-state index is 10.5. The quantitative estimate of drug-likeness (QED) is 0.809. The molecule has 2 aromatic rings. The van der Waals surface area contributed by atoms with Crippen LogP contribution in [0.1, 0.15) is 36.4 Å². The number of nitrogens with two attached hydrogens (primary N) is 1.